The fourth-order valence-electron chi connectivity index (χ4n) is 3.75. The summed E-state index contributed by atoms with van der Waals surface area (Å²) >= 11 is 2.85. The Morgan fingerprint density at radius 1 is 0.875 bits per heavy atom. The van der Waals surface area contributed by atoms with E-state index in [0.717, 1.165) is 9.77 Å². The fourth-order valence-corrected chi connectivity index (χ4v) is 5.27. The maximum atomic E-state index is 13.1. The van der Waals surface area contributed by atoms with Crippen LogP contribution in [0.15, 0.2) is 101 Å². The van der Waals surface area contributed by atoms with Crippen molar-refractivity contribution < 1.29 is 23.9 Å². The van der Waals surface area contributed by atoms with Gasteiger partial charge >= 0.3 is 0 Å². The van der Waals surface area contributed by atoms with E-state index >= 15 is 0 Å². The number of thioether (sulfide) groups is 1. The van der Waals surface area contributed by atoms with Gasteiger partial charge in [-0.15, -0.1) is 23.1 Å². The second-order valence-electron chi connectivity index (χ2n) is 8.69. The van der Waals surface area contributed by atoms with Crippen LogP contribution in [0.5, 0.6) is 11.5 Å². The SMILES string of the molecule is CC(Sc1ccc(NC(=O)/C(=C/c2cccs2)NC(=O)c2ccccc2)cc1)C(=O)Nc1ccc2c(c1)OCO2. The summed E-state index contributed by atoms with van der Waals surface area (Å²) in [5, 5.41) is 9.98. The van der Waals surface area contributed by atoms with Gasteiger partial charge in [-0.05, 0) is 73.0 Å². The molecule has 1 aliphatic heterocycles. The molecule has 1 atom stereocenters. The topological polar surface area (TPSA) is 106 Å². The van der Waals surface area contributed by atoms with Crippen LogP contribution in [0.3, 0.4) is 0 Å². The average Bonchev–Trinajstić information content (AvgIpc) is 3.66. The van der Waals surface area contributed by atoms with Crippen LogP contribution in [0.1, 0.15) is 22.2 Å². The number of hydrogen-bond acceptors (Lipinski definition) is 7. The maximum Gasteiger partial charge on any atom is 0.272 e. The van der Waals surface area contributed by atoms with Gasteiger partial charge in [0.2, 0.25) is 12.7 Å². The van der Waals surface area contributed by atoms with Crippen LogP contribution in [0, 0.1) is 0 Å². The molecule has 4 aromatic rings. The zero-order chi connectivity index (χ0) is 27.9. The quantitative estimate of drug-likeness (QED) is 0.168. The summed E-state index contributed by atoms with van der Waals surface area (Å²) in [6.07, 6.45) is 1.64. The molecule has 5 rings (SSSR count). The number of amides is 3. The molecule has 1 unspecified atom stereocenters. The summed E-state index contributed by atoms with van der Waals surface area (Å²) < 4.78 is 10.7. The van der Waals surface area contributed by atoms with E-state index in [2.05, 4.69) is 16.0 Å². The van der Waals surface area contributed by atoms with Crippen molar-refractivity contribution in [1.29, 1.82) is 0 Å². The normalized spacial score (nSPS) is 12.9. The third-order valence-corrected chi connectivity index (χ3v) is 7.72. The van der Waals surface area contributed by atoms with Crippen LogP contribution in [0.4, 0.5) is 11.4 Å². The minimum absolute atomic E-state index is 0.128. The molecule has 10 heteroatoms. The van der Waals surface area contributed by atoms with Gasteiger partial charge in [0.1, 0.15) is 5.70 Å². The van der Waals surface area contributed by atoms with Crippen molar-refractivity contribution in [3.8, 4) is 11.5 Å². The molecule has 8 nitrogen and oxygen atoms in total. The highest BCUT2D eigenvalue weighted by atomic mass is 32.2. The van der Waals surface area contributed by atoms with E-state index in [9.17, 15) is 14.4 Å². The predicted molar refractivity (Wildman–Crippen MR) is 158 cm³/mol. The molecule has 0 aliphatic carbocycles. The number of carbonyl (C=O) groups is 3. The third kappa shape index (κ3) is 6.90. The van der Waals surface area contributed by atoms with Crippen molar-refractivity contribution in [1.82, 2.24) is 5.32 Å². The lowest BCUT2D eigenvalue weighted by Crippen LogP contribution is -2.30. The van der Waals surface area contributed by atoms with Crippen molar-refractivity contribution in [3.05, 3.63) is 106 Å². The standard InChI is InChI=1S/C30H25N3O5S2/c1-19(28(34)32-22-11-14-26-27(16-22)38-18-37-26)40-23-12-9-21(10-13-23)31-30(36)25(17-24-8-5-15-39-24)33-29(35)20-6-3-2-4-7-20/h2-17,19H,18H2,1H3,(H,31,36)(H,32,34)(H,33,35)/b25-17-. The molecule has 0 radical (unpaired) electrons. The lowest BCUT2D eigenvalue weighted by molar-refractivity contribution is -0.115. The average molecular weight is 572 g/mol. The van der Waals surface area contributed by atoms with Gasteiger partial charge in [-0.1, -0.05) is 24.3 Å². The van der Waals surface area contributed by atoms with Crippen LogP contribution in [0.2, 0.25) is 0 Å². The Morgan fingerprint density at radius 2 is 1.62 bits per heavy atom. The molecule has 1 aliphatic rings. The van der Waals surface area contributed by atoms with Gasteiger partial charge in [0, 0.05) is 32.8 Å². The largest absolute Gasteiger partial charge is 0.454 e. The number of benzene rings is 3. The summed E-state index contributed by atoms with van der Waals surface area (Å²) in [6, 6.07) is 24.9. The first-order chi connectivity index (χ1) is 19.4. The molecule has 1 aromatic heterocycles. The van der Waals surface area contributed by atoms with Gasteiger partial charge in [0.15, 0.2) is 11.5 Å². The number of nitrogens with one attached hydrogen (secondary N) is 3. The second-order valence-corrected chi connectivity index (χ2v) is 11.1. The van der Waals surface area contributed by atoms with Gasteiger partial charge in [-0.25, -0.2) is 0 Å². The number of hydrogen-bond donors (Lipinski definition) is 3. The molecule has 3 N–H and O–H groups in total. The Bertz CT molecular complexity index is 1540. The third-order valence-electron chi connectivity index (χ3n) is 5.79. The van der Waals surface area contributed by atoms with Crippen LogP contribution in [-0.2, 0) is 9.59 Å². The molecule has 0 bridgehead atoms. The van der Waals surface area contributed by atoms with Gasteiger partial charge in [-0.2, -0.15) is 0 Å². The fraction of sp³-hybridized carbons (Fsp3) is 0.100. The smallest absolute Gasteiger partial charge is 0.272 e. The Morgan fingerprint density at radius 3 is 2.38 bits per heavy atom. The highest BCUT2D eigenvalue weighted by Crippen LogP contribution is 2.34. The molecule has 40 heavy (non-hydrogen) atoms. The van der Waals surface area contributed by atoms with Crippen LogP contribution in [-0.4, -0.2) is 29.8 Å². The maximum absolute atomic E-state index is 13.1. The lowest BCUT2D eigenvalue weighted by atomic mass is 10.2. The van der Waals surface area contributed by atoms with Crippen molar-refractivity contribution >= 4 is 58.3 Å². The van der Waals surface area contributed by atoms with Gasteiger partial charge in [-0.3, -0.25) is 14.4 Å². The zero-order valence-corrected chi connectivity index (χ0v) is 23.0. The van der Waals surface area contributed by atoms with E-state index in [0.29, 0.717) is 28.4 Å². The van der Waals surface area contributed by atoms with Crippen LogP contribution >= 0.6 is 23.1 Å². The van der Waals surface area contributed by atoms with Gasteiger partial charge in [0.05, 0.1) is 5.25 Å². The van der Waals surface area contributed by atoms with Crippen molar-refractivity contribution in [2.75, 3.05) is 17.4 Å². The van der Waals surface area contributed by atoms with E-state index < -0.39 is 5.91 Å². The van der Waals surface area contributed by atoms with Crippen molar-refractivity contribution in [3.63, 3.8) is 0 Å². The first-order valence-corrected chi connectivity index (χ1v) is 14.1. The molecular formula is C30H25N3O5S2. The molecular weight excluding hydrogens is 546 g/mol. The van der Waals surface area contributed by atoms with E-state index in [1.807, 2.05) is 42.6 Å². The van der Waals surface area contributed by atoms with E-state index in [1.165, 1.54) is 23.1 Å². The molecule has 3 amide bonds. The Labute approximate surface area is 239 Å². The minimum Gasteiger partial charge on any atom is -0.454 e. The van der Waals surface area contributed by atoms with Gasteiger partial charge in [0.25, 0.3) is 11.8 Å². The Balaban J connectivity index is 1.20. The number of anilines is 2. The van der Waals surface area contributed by atoms with Crippen molar-refractivity contribution in [2.24, 2.45) is 0 Å². The zero-order valence-electron chi connectivity index (χ0n) is 21.4. The number of ether oxygens (including phenoxy) is 2. The van der Waals surface area contributed by atoms with Crippen LogP contribution < -0.4 is 25.4 Å². The molecule has 0 saturated heterocycles. The Kier molecular flexibility index (Phi) is 8.48. The summed E-state index contributed by atoms with van der Waals surface area (Å²) in [5.41, 5.74) is 1.76. The first kappa shape index (κ1) is 27.0. The lowest BCUT2D eigenvalue weighted by Gasteiger charge is -2.13. The van der Waals surface area contributed by atoms with E-state index in [1.54, 1.807) is 60.7 Å². The Hall–Kier alpha value is -4.54. The first-order valence-electron chi connectivity index (χ1n) is 12.3. The summed E-state index contributed by atoms with van der Waals surface area (Å²) in [6.45, 7) is 1.99. The highest BCUT2D eigenvalue weighted by Gasteiger charge is 2.19. The molecule has 202 valence electrons. The molecule has 0 fully saturated rings. The predicted octanol–water partition coefficient (Wildman–Crippen LogP) is 6.01. The van der Waals surface area contributed by atoms with Gasteiger partial charge < -0.3 is 25.4 Å². The van der Waals surface area contributed by atoms with Crippen LogP contribution in [0.25, 0.3) is 6.08 Å². The minimum atomic E-state index is -0.449. The van der Waals surface area contributed by atoms with E-state index in [4.69, 9.17) is 9.47 Å². The summed E-state index contributed by atoms with van der Waals surface area (Å²) in [7, 11) is 0. The number of rotatable bonds is 9. The second kappa shape index (κ2) is 12.5. The number of thiophene rings is 1. The molecule has 0 saturated carbocycles. The number of carbonyl (C=O) groups excluding carboxylic acids is 3. The monoisotopic (exact) mass is 571 g/mol. The van der Waals surface area contributed by atoms with E-state index in [-0.39, 0.29) is 29.6 Å². The highest BCUT2D eigenvalue weighted by molar-refractivity contribution is 8.00. The number of fused-ring (bicyclic) bond motifs is 1. The molecule has 0 spiro atoms. The summed E-state index contributed by atoms with van der Waals surface area (Å²) in [5.74, 6) is 0.274. The summed E-state index contributed by atoms with van der Waals surface area (Å²) in [4.78, 5) is 40.3. The molecule has 2 heterocycles. The molecule has 3 aromatic carbocycles. The van der Waals surface area contributed by atoms with Crippen molar-refractivity contribution in [2.45, 2.75) is 17.1 Å².